The van der Waals surface area contributed by atoms with Gasteiger partial charge in [-0.15, -0.1) is 5.10 Å². The first-order valence-electron chi connectivity index (χ1n) is 5.89. The van der Waals surface area contributed by atoms with Crippen LogP contribution in [0.5, 0.6) is 0 Å². The lowest BCUT2D eigenvalue weighted by atomic mass is 10.2. The van der Waals surface area contributed by atoms with Gasteiger partial charge < -0.3 is 10.8 Å². The van der Waals surface area contributed by atoms with Crippen molar-refractivity contribution in [1.29, 1.82) is 0 Å². The predicted octanol–water partition coefficient (Wildman–Crippen LogP) is 0.229. The Balaban J connectivity index is 2.35. The number of nitrogens with two attached hydrogens (primary N) is 1. The summed E-state index contributed by atoms with van der Waals surface area (Å²) in [7, 11) is 0. The molecule has 19 heavy (non-hydrogen) atoms. The van der Waals surface area contributed by atoms with E-state index in [0.717, 1.165) is 11.3 Å². The van der Waals surface area contributed by atoms with Crippen molar-refractivity contribution in [3.63, 3.8) is 0 Å². The van der Waals surface area contributed by atoms with Gasteiger partial charge in [0, 0.05) is 12.6 Å². The van der Waals surface area contributed by atoms with E-state index in [-0.39, 0.29) is 5.69 Å². The van der Waals surface area contributed by atoms with Crippen LogP contribution < -0.4 is 5.73 Å². The van der Waals surface area contributed by atoms with Crippen molar-refractivity contribution < 1.29 is 9.90 Å². The third kappa shape index (κ3) is 2.76. The summed E-state index contributed by atoms with van der Waals surface area (Å²) in [5.41, 5.74) is 7.85. The molecular weight excluding hydrogens is 246 g/mol. The van der Waals surface area contributed by atoms with E-state index in [1.54, 1.807) is 10.9 Å². The van der Waals surface area contributed by atoms with E-state index >= 15 is 0 Å². The molecule has 0 spiro atoms. The quantitative estimate of drug-likeness (QED) is 0.797. The van der Waals surface area contributed by atoms with Crippen molar-refractivity contribution in [2.45, 2.75) is 19.9 Å². The molecule has 0 aliphatic carbocycles. The van der Waals surface area contributed by atoms with Crippen molar-refractivity contribution in [2.24, 2.45) is 5.73 Å². The number of carbonyl (C=O) groups is 1. The Morgan fingerprint density at radius 3 is 2.95 bits per heavy atom. The van der Waals surface area contributed by atoms with Crippen molar-refractivity contribution in [3.05, 3.63) is 41.0 Å². The standard InChI is InChI=1S/C12H15N5O2/c1-8-3-2-6-14-9(8)7-17-10(4-5-13)11(12(18)19)15-16-17/h2-3,6H,4-5,7,13H2,1H3,(H,18,19). The molecule has 0 saturated heterocycles. The lowest BCUT2D eigenvalue weighted by molar-refractivity contribution is 0.0689. The maximum Gasteiger partial charge on any atom is 0.358 e. The van der Waals surface area contributed by atoms with Gasteiger partial charge in [-0.25, -0.2) is 9.48 Å². The monoisotopic (exact) mass is 261 g/mol. The molecule has 2 aromatic rings. The summed E-state index contributed by atoms with van der Waals surface area (Å²) in [4.78, 5) is 15.3. The van der Waals surface area contributed by atoms with Crippen LogP contribution in [0.2, 0.25) is 0 Å². The van der Waals surface area contributed by atoms with Crippen molar-refractivity contribution in [2.75, 3.05) is 6.54 Å². The first kappa shape index (κ1) is 13.2. The second-order valence-corrected chi connectivity index (χ2v) is 4.15. The van der Waals surface area contributed by atoms with Gasteiger partial charge in [0.1, 0.15) is 0 Å². The molecule has 3 N–H and O–H groups in total. The Morgan fingerprint density at radius 2 is 2.32 bits per heavy atom. The summed E-state index contributed by atoms with van der Waals surface area (Å²) in [6.45, 7) is 2.68. The third-order valence-corrected chi connectivity index (χ3v) is 2.84. The molecule has 0 radical (unpaired) electrons. The maximum atomic E-state index is 11.1. The van der Waals surface area contributed by atoms with Crippen molar-refractivity contribution in [3.8, 4) is 0 Å². The first-order chi connectivity index (χ1) is 9.13. The Hall–Kier alpha value is -2.28. The molecule has 7 heteroatoms. The van der Waals surface area contributed by atoms with Crippen LogP contribution in [0.4, 0.5) is 0 Å². The largest absolute Gasteiger partial charge is 0.476 e. The van der Waals surface area contributed by atoms with E-state index in [1.807, 2.05) is 19.1 Å². The molecule has 2 rings (SSSR count). The number of rotatable bonds is 5. The molecule has 0 aliphatic heterocycles. The normalized spacial score (nSPS) is 10.6. The van der Waals surface area contributed by atoms with Gasteiger partial charge >= 0.3 is 5.97 Å². The van der Waals surface area contributed by atoms with E-state index in [2.05, 4.69) is 15.3 Å². The highest BCUT2D eigenvalue weighted by Crippen LogP contribution is 2.10. The summed E-state index contributed by atoms with van der Waals surface area (Å²) < 4.78 is 1.55. The van der Waals surface area contributed by atoms with Crippen LogP contribution in [0.15, 0.2) is 18.3 Å². The van der Waals surface area contributed by atoms with Gasteiger partial charge in [-0.2, -0.15) is 0 Å². The van der Waals surface area contributed by atoms with Gasteiger partial charge in [0.2, 0.25) is 0 Å². The number of aromatic carboxylic acids is 1. The average Bonchev–Trinajstić information content (AvgIpc) is 2.76. The number of aromatic nitrogens is 4. The molecule has 0 fully saturated rings. The van der Waals surface area contributed by atoms with Gasteiger partial charge in [-0.3, -0.25) is 4.98 Å². The molecule has 0 amide bonds. The summed E-state index contributed by atoms with van der Waals surface area (Å²) in [6, 6.07) is 3.80. The minimum Gasteiger partial charge on any atom is -0.476 e. The smallest absolute Gasteiger partial charge is 0.358 e. The van der Waals surface area contributed by atoms with Crippen LogP contribution in [0, 0.1) is 6.92 Å². The fourth-order valence-corrected chi connectivity index (χ4v) is 1.84. The van der Waals surface area contributed by atoms with E-state index in [4.69, 9.17) is 10.8 Å². The summed E-state index contributed by atoms with van der Waals surface area (Å²) in [5.74, 6) is -1.09. The number of pyridine rings is 1. The average molecular weight is 261 g/mol. The molecular formula is C12H15N5O2. The number of carboxylic acids is 1. The maximum absolute atomic E-state index is 11.1. The highest BCUT2D eigenvalue weighted by molar-refractivity contribution is 5.86. The van der Waals surface area contributed by atoms with Crippen LogP contribution in [0.25, 0.3) is 0 Å². The van der Waals surface area contributed by atoms with Crippen molar-refractivity contribution >= 4 is 5.97 Å². The SMILES string of the molecule is Cc1cccnc1Cn1nnc(C(=O)O)c1CCN. The number of hydrogen-bond donors (Lipinski definition) is 2. The Bertz CT molecular complexity index is 594. The lowest BCUT2D eigenvalue weighted by Crippen LogP contribution is -2.15. The van der Waals surface area contributed by atoms with Gasteiger partial charge in [-0.05, 0) is 25.1 Å². The van der Waals surface area contributed by atoms with Crippen LogP contribution in [-0.2, 0) is 13.0 Å². The highest BCUT2D eigenvalue weighted by atomic mass is 16.4. The van der Waals surface area contributed by atoms with E-state index in [0.29, 0.717) is 25.2 Å². The molecule has 7 nitrogen and oxygen atoms in total. The van der Waals surface area contributed by atoms with Gasteiger partial charge in [0.05, 0.1) is 17.9 Å². The van der Waals surface area contributed by atoms with E-state index < -0.39 is 5.97 Å². The lowest BCUT2D eigenvalue weighted by Gasteiger charge is -2.07. The molecule has 0 saturated carbocycles. The predicted molar refractivity (Wildman–Crippen MR) is 67.8 cm³/mol. The number of hydrogen-bond acceptors (Lipinski definition) is 5. The van der Waals surface area contributed by atoms with Crippen LogP contribution in [-0.4, -0.2) is 37.6 Å². The van der Waals surface area contributed by atoms with E-state index in [9.17, 15) is 4.79 Å². The molecule has 0 aromatic carbocycles. The topological polar surface area (TPSA) is 107 Å². The van der Waals surface area contributed by atoms with Crippen molar-refractivity contribution in [1.82, 2.24) is 20.0 Å². The minimum absolute atomic E-state index is 0.0426. The molecule has 0 aliphatic rings. The number of nitrogens with zero attached hydrogens (tertiary/aromatic N) is 4. The summed E-state index contributed by atoms with van der Waals surface area (Å²) in [6.07, 6.45) is 2.11. The zero-order valence-corrected chi connectivity index (χ0v) is 10.6. The Morgan fingerprint density at radius 1 is 1.53 bits per heavy atom. The third-order valence-electron chi connectivity index (χ3n) is 2.84. The zero-order chi connectivity index (χ0) is 13.8. The fraction of sp³-hybridized carbons (Fsp3) is 0.333. The highest BCUT2D eigenvalue weighted by Gasteiger charge is 2.18. The zero-order valence-electron chi connectivity index (χ0n) is 10.6. The summed E-state index contributed by atoms with van der Waals surface area (Å²) in [5, 5.41) is 16.6. The van der Waals surface area contributed by atoms with E-state index in [1.165, 1.54) is 0 Å². The second-order valence-electron chi connectivity index (χ2n) is 4.15. The van der Waals surface area contributed by atoms with Gasteiger partial charge in [0.25, 0.3) is 0 Å². The molecule has 2 aromatic heterocycles. The molecule has 0 atom stereocenters. The Kier molecular flexibility index (Phi) is 3.86. The number of aryl methyl sites for hydroxylation is 1. The van der Waals surface area contributed by atoms with Crippen LogP contribution in [0.1, 0.15) is 27.4 Å². The van der Waals surface area contributed by atoms with Gasteiger partial charge in [0.15, 0.2) is 5.69 Å². The van der Waals surface area contributed by atoms with Crippen LogP contribution in [0.3, 0.4) is 0 Å². The van der Waals surface area contributed by atoms with Gasteiger partial charge in [-0.1, -0.05) is 11.3 Å². The molecule has 0 bridgehead atoms. The first-order valence-corrected chi connectivity index (χ1v) is 5.89. The van der Waals surface area contributed by atoms with Crippen LogP contribution >= 0.6 is 0 Å². The fourth-order valence-electron chi connectivity index (χ4n) is 1.84. The molecule has 100 valence electrons. The Labute approximate surface area is 110 Å². The minimum atomic E-state index is -1.09. The summed E-state index contributed by atoms with van der Waals surface area (Å²) >= 11 is 0. The second kappa shape index (κ2) is 5.57. The molecule has 0 unspecified atom stereocenters. The molecule has 2 heterocycles. The number of carboxylic acid groups (broad SMARTS) is 1.